The van der Waals surface area contributed by atoms with Crippen LogP contribution in [0.4, 0.5) is 8.78 Å². The van der Waals surface area contributed by atoms with Gasteiger partial charge < -0.3 is 0 Å². The summed E-state index contributed by atoms with van der Waals surface area (Å²) >= 11 is 11.3. The first-order valence-electron chi connectivity index (χ1n) is 3.93. The van der Waals surface area contributed by atoms with E-state index in [-0.39, 0.29) is 27.6 Å². The van der Waals surface area contributed by atoms with Crippen molar-refractivity contribution in [3.63, 3.8) is 0 Å². The van der Waals surface area contributed by atoms with Gasteiger partial charge in [-0.2, -0.15) is 0 Å². The Morgan fingerprint density at radius 2 is 1.64 bits per heavy atom. The van der Waals surface area contributed by atoms with Gasteiger partial charge in [-0.1, -0.05) is 29.3 Å². The lowest BCUT2D eigenvalue weighted by Gasteiger charge is -2.09. The van der Waals surface area contributed by atoms with Crippen molar-refractivity contribution in [1.82, 2.24) is 0 Å². The smallest absolute Gasteiger partial charge is 0.148 e. The van der Waals surface area contributed by atoms with Crippen molar-refractivity contribution in [2.45, 2.75) is 13.3 Å². The molecule has 1 aromatic rings. The molecule has 0 amide bonds. The van der Waals surface area contributed by atoms with Crippen LogP contribution in [0.3, 0.4) is 0 Å². The van der Waals surface area contributed by atoms with Crippen LogP contribution in [0, 0.1) is 18.6 Å². The molecule has 0 atom stereocenters. The summed E-state index contributed by atoms with van der Waals surface area (Å²) in [5, 5.41) is -0.262. The van der Waals surface area contributed by atoms with Crippen LogP contribution in [0.25, 0.3) is 0 Å². The van der Waals surface area contributed by atoms with Crippen molar-refractivity contribution in [2.75, 3.05) is 0 Å². The Morgan fingerprint density at radius 1 is 1.21 bits per heavy atom. The number of benzene rings is 1. The molecule has 0 nitrogen and oxygen atoms in total. The standard InChI is InChI=1S/C10H8Cl2F2/c1-3-4-6-9(13)7(11)5(2)8(12)10(6)14/h3H,1,4H2,2H3. The van der Waals surface area contributed by atoms with Gasteiger partial charge in [-0.3, -0.25) is 0 Å². The van der Waals surface area contributed by atoms with E-state index in [4.69, 9.17) is 23.2 Å². The maximum atomic E-state index is 13.4. The van der Waals surface area contributed by atoms with E-state index in [9.17, 15) is 8.78 Å². The van der Waals surface area contributed by atoms with Gasteiger partial charge >= 0.3 is 0 Å². The van der Waals surface area contributed by atoms with Crippen molar-refractivity contribution in [1.29, 1.82) is 0 Å². The first-order chi connectivity index (χ1) is 6.50. The SMILES string of the molecule is C=CCc1c(F)c(Cl)c(C)c(Cl)c1F. The second kappa shape index (κ2) is 4.28. The lowest BCUT2D eigenvalue weighted by atomic mass is 10.1. The molecule has 0 heterocycles. The second-order valence-electron chi connectivity index (χ2n) is 2.85. The minimum Gasteiger partial charge on any atom is -0.205 e. The fraction of sp³-hybridized carbons (Fsp3) is 0.200. The molecule has 14 heavy (non-hydrogen) atoms. The highest BCUT2D eigenvalue weighted by Gasteiger charge is 2.19. The minimum absolute atomic E-state index is 0.0669. The normalized spacial score (nSPS) is 10.4. The summed E-state index contributed by atoms with van der Waals surface area (Å²) in [5.74, 6) is -1.52. The van der Waals surface area contributed by atoms with Crippen molar-refractivity contribution in [3.8, 4) is 0 Å². The Hall–Kier alpha value is -0.600. The summed E-state index contributed by atoms with van der Waals surface area (Å²) in [6.45, 7) is 4.87. The fourth-order valence-corrected chi connectivity index (χ4v) is 1.58. The molecule has 1 aromatic carbocycles. The van der Waals surface area contributed by atoms with Crippen molar-refractivity contribution < 1.29 is 8.78 Å². The van der Waals surface area contributed by atoms with Gasteiger partial charge in [0.05, 0.1) is 10.0 Å². The van der Waals surface area contributed by atoms with E-state index in [0.29, 0.717) is 0 Å². The fourth-order valence-electron chi connectivity index (χ4n) is 1.11. The quantitative estimate of drug-likeness (QED) is 0.531. The molecule has 0 saturated carbocycles. The molecule has 0 aliphatic heterocycles. The van der Waals surface area contributed by atoms with E-state index in [1.807, 2.05) is 0 Å². The Morgan fingerprint density at radius 3 is 2.00 bits per heavy atom. The molecule has 76 valence electrons. The van der Waals surface area contributed by atoms with Gasteiger partial charge in [-0.05, 0) is 18.9 Å². The summed E-state index contributed by atoms with van der Waals surface area (Å²) in [6.07, 6.45) is 1.46. The van der Waals surface area contributed by atoms with Crippen LogP contribution < -0.4 is 0 Å². The third-order valence-electron chi connectivity index (χ3n) is 1.92. The average Bonchev–Trinajstić information content (AvgIpc) is 2.19. The van der Waals surface area contributed by atoms with E-state index in [1.54, 1.807) is 0 Å². The van der Waals surface area contributed by atoms with Crippen LogP contribution in [-0.2, 0) is 6.42 Å². The highest BCUT2D eigenvalue weighted by atomic mass is 35.5. The highest BCUT2D eigenvalue weighted by Crippen LogP contribution is 2.32. The Bertz CT molecular complexity index is 357. The molecule has 0 aliphatic carbocycles. The summed E-state index contributed by atoms with van der Waals surface area (Å²) < 4.78 is 26.8. The molecular formula is C10H8Cl2F2. The van der Waals surface area contributed by atoms with Crippen LogP contribution in [0.1, 0.15) is 11.1 Å². The predicted octanol–water partition coefficient (Wildman–Crippen LogP) is 4.31. The predicted molar refractivity (Wildman–Crippen MR) is 55.0 cm³/mol. The maximum Gasteiger partial charge on any atom is 0.148 e. The van der Waals surface area contributed by atoms with E-state index in [1.165, 1.54) is 13.0 Å². The number of hydrogen-bond acceptors (Lipinski definition) is 0. The molecule has 4 heteroatoms. The van der Waals surface area contributed by atoms with E-state index in [2.05, 4.69) is 6.58 Å². The lowest BCUT2D eigenvalue weighted by Crippen LogP contribution is -1.99. The van der Waals surface area contributed by atoms with Crippen LogP contribution in [0.2, 0.25) is 10.0 Å². The van der Waals surface area contributed by atoms with Crippen LogP contribution in [-0.4, -0.2) is 0 Å². The first kappa shape index (κ1) is 11.5. The van der Waals surface area contributed by atoms with Crippen molar-refractivity contribution >= 4 is 23.2 Å². The highest BCUT2D eigenvalue weighted by molar-refractivity contribution is 6.36. The Balaban J connectivity index is 3.50. The number of allylic oxidation sites excluding steroid dienone is 1. The molecule has 0 aliphatic rings. The molecule has 0 spiro atoms. The Kier molecular flexibility index (Phi) is 3.51. The van der Waals surface area contributed by atoms with Gasteiger partial charge in [0, 0.05) is 5.56 Å². The molecule has 0 radical (unpaired) electrons. The molecule has 0 unspecified atom stereocenters. The molecule has 0 aromatic heterocycles. The number of halogens is 4. The summed E-state index contributed by atoms with van der Waals surface area (Å²) in [5.41, 5.74) is 0.0803. The molecule has 0 N–H and O–H groups in total. The third-order valence-corrected chi connectivity index (χ3v) is 2.82. The molecule has 1 rings (SSSR count). The summed E-state index contributed by atoms with van der Waals surface area (Å²) in [7, 11) is 0. The average molecular weight is 237 g/mol. The van der Waals surface area contributed by atoms with Crippen LogP contribution >= 0.6 is 23.2 Å². The second-order valence-corrected chi connectivity index (χ2v) is 3.61. The van der Waals surface area contributed by atoms with Gasteiger partial charge in [-0.15, -0.1) is 6.58 Å². The molecule has 0 bridgehead atoms. The lowest BCUT2D eigenvalue weighted by molar-refractivity contribution is 0.561. The Labute approximate surface area is 91.1 Å². The zero-order chi connectivity index (χ0) is 10.9. The zero-order valence-corrected chi connectivity index (χ0v) is 9.02. The molecular weight excluding hydrogens is 229 g/mol. The third kappa shape index (κ3) is 1.77. The van der Waals surface area contributed by atoms with Gasteiger partial charge in [0.2, 0.25) is 0 Å². The monoisotopic (exact) mass is 236 g/mol. The van der Waals surface area contributed by atoms with Crippen molar-refractivity contribution in [2.24, 2.45) is 0 Å². The van der Waals surface area contributed by atoms with Crippen molar-refractivity contribution in [3.05, 3.63) is 45.5 Å². The number of hydrogen-bond donors (Lipinski definition) is 0. The number of rotatable bonds is 2. The molecule has 0 saturated heterocycles. The van der Waals surface area contributed by atoms with Gasteiger partial charge in [0.15, 0.2) is 0 Å². The van der Waals surface area contributed by atoms with E-state index < -0.39 is 11.6 Å². The maximum absolute atomic E-state index is 13.4. The first-order valence-corrected chi connectivity index (χ1v) is 4.68. The van der Waals surface area contributed by atoms with Gasteiger partial charge in [0.25, 0.3) is 0 Å². The summed E-state index contributed by atoms with van der Waals surface area (Å²) in [4.78, 5) is 0. The summed E-state index contributed by atoms with van der Waals surface area (Å²) in [6, 6.07) is 0. The van der Waals surface area contributed by atoms with Gasteiger partial charge in [-0.25, -0.2) is 8.78 Å². The molecule has 0 fully saturated rings. The van der Waals surface area contributed by atoms with E-state index >= 15 is 0 Å². The van der Waals surface area contributed by atoms with Crippen LogP contribution in [0.5, 0.6) is 0 Å². The minimum atomic E-state index is -0.758. The van der Waals surface area contributed by atoms with Crippen LogP contribution in [0.15, 0.2) is 12.7 Å². The zero-order valence-electron chi connectivity index (χ0n) is 7.50. The topological polar surface area (TPSA) is 0 Å². The largest absolute Gasteiger partial charge is 0.205 e. The van der Waals surface area contributed by atoms with E-state index in [0.717, 1.165) is 0 Å². The van der Waals surface area contributed by atoms with Gasteiger partial charge in [0.1, 0.15) is 11.6 Å².